The molecule has 0 aliphatic rings. The van der Waals surface area contributed by atoms with E-state index < -0.39 is 10.0 Å². The van der Waals surface area contributed by atoms with Crippen LogP contribution in [0.15, 0.2) is 47.5 Å². The van der Waals surface area contributed by atoms with Crippen molar-refractivity contribution in [2.45, 2.75) is 4.90 Å². The van der Waals surface area contributed by atoms with Gasteiger partial charge < -0.3 is 5.73 Å². The Bertz CT molecular complexity index is 767. The molecule has 20 heavy (non-hydrogen) atoms. The van der Waals surface area contributed by atoms with Crippen LogP contribution in [-0.2, 0) is 10.0 Å². The van der Waals surface area contributed by atoms with Crippen LogP contribution in [0.4, 0.5) is 11.5 Å². The van der Waals surface area contributed by atoms with Gasteiger partial charge in [0, 0.05) is 18.9 Å². The summed E-state index contributed by atoms with van der Waals surface area (Å²) in [5.74, 6) is 0.271. The van der Waals surface area contributed by atoms with Crippen LogP contribution in [-0.4, -0.2) is 20.4 Å². The molecule has 6 nitrogen and oxygen atoms in total. The first-order valence-electron chi connectivity index (χ1n) is 5.66. The van der Waals surface area contributed by atoms with Gasteiger partial charge in [0.15, 0.2) is 0 Å². The molecule has 0 spiro atoms. The fraction of sp³-hybridized carbons (Fsp3) is 0.0769. The quantitative estimate of drug-likeness (QED) is 0.859. The molecule has 0 aliphatic heterocycles. The van der Waals surface area contributed by atoms with E-state index in [-0.39, 0.29) is 16.3 Å². The van der Waals surface area contributed by atoms with Crippen LogP contribution in [0.2, 0.25) is 0 Å². The lowest BCUT2D eigenvalue weighted by Crippen LogP contribution is -2.28. The van der Waals surface area contributed by atoms with E-state index in [9.17, 15) is 8.42 Å². The molecule has 0 saturated carbocycles. The van der Waals surface area contributed by atoms with Gasteiger partial charge >= 0.3 is 0 Å². The zero-order chi connectivity index (χ0) is 14.8. The number of sulfonamides is 1. The first-order valence-corrected chi connectivity index (χ1v) is 7.10. The third-order valence-electron chi connectivity index (χ3n) is 2.73. The summed E-state index contributed by atoms with van der Waals surface area (Å²) < 4.78 is 26.1. The van der Waals surface area contributed by atoms with E-state index in [1.807, 2.05) is 6.07 Å². The number of nitriles is 1. The summed E-state index contributed by atoms with van der Waals surface area (Å²) in [6.45, 7) is 0. The summed E-state index contributed by atoms with van der Waals surface area (Å²) in [4.78, 5) is 3.89. The molecule has 2 N–H and O–H groups in total. The largest absolute Gasteiger partial charge is 0.399 e. The fourth-order valence-corrected chi connectivity index (χ4v) is 2.94. The molecule has 1 aromatic heterocycles. The minimum Gasteiger partial charge on any atom is -0.399 e. The molecule has 0 saturated heterocycles. The number of aromatic nitrogens is 1. The molecular weight excluding hydrogens is 276 g/mol. The van der Waals surface area contributed by atoms with Crippen LogP contribution in [0.1, 0.15) is 5.56 Å². The van der Waals surface area contributed by atoms with Gasteiger partial charge in [0.2, 0.25) is 0 Å². The summed E-state index contributed by atoms with van der Waals surface area (Å²) in [5.41, 5.74) is 5.90. The Hall–Kier alpha value is -2.59. The second-order valence-corrected chi connectivity index (χ2v) is 5.97. The summed E-state index contributed by atoms with van der Waals surface area (Å²) in [5, 5.41) is 9.05. The second kappa shape index (κ2) is 5.19. The number of rotatable bonds is 3. The molecule has 0 fully saturated rings. The smallest absolute Gasteiger partial charge is 0.266 e. The van der Waals surface area contributed by atoms with Crippen molar-refractivity contribution in [3.05, 3.63) is 48.2 Å². The SMILES string of the molecule is CN(c1ccccn1)S(=O)(=O)c1ccc(N)cc1C#N. The average molecular weight is 288 g/mol. The van der Waals surface area contributed by atoms with Gasteiger partial charge in [-0.15, -0.1) is 0 Å². The molecule has 0 bridgehead atoms. The van der Waals surface area contributed by atoms with Gasteiger partial charge in [0.05, 0.1) is 5.56 Å². The van der Waals surface area contributed by atoms with E-state index in [0.29, 0.717) is 5.69 Å². The number of anilines is 2. The molecule has 1 heterocycles. The Morgan fingerprint density at radius 1 is 1.30 bits per heavy atom. The second-order valence-electron chi connectivity index (χ2n) is 4.03. The van der Waals surface area contributed by atoms with Crippen LogP contribution in [0.25, 0.3) is 0 Å². The highest BCUT2D eigenvalue weighted by atomic mass is 32.2. The third-order valence-corrected chi connectivity index (χ3v) is 4.55. The van der Waals surface area contributed by atoms with Crippen molar-refractivity contribution in [1.29, 1.82) is 5.26 Å². The lowest BCUT2D eigenvalue weighted by atomic mass is 10.2. The summed E-state index contributed by atoms with van der Waals surface area (Å²) in [6, 6.07) is 10.9. The number of benzene rings is 1. The molecule has 7 heteroatoms. The number of nitrogen functional groups attached to an aromatic ring is 1. The molecule has 0 unspecified atom stereocenters. The van der Waals surface area contributed by atoms with Gasteiger partial charge in [-0.2, -0.15) is 5.26 Å². The Kier molecular flexibility index (Phi) is 3.59. The predicted molar refractivity (Wildman–Crippen MR) is 75.4 cm³/mol. The molecular formula is C13H12N4O2S. The Balaban J connectivity index is 2.54. The van der Waals surface area contributed by atoms with E-state index in [4.69, 9.17) is 11.0 Å². The van der Waals surface area contributed by atoms with Gasteiger partial charge in [-0.25, -0.2) is 13.4 Å². The van der Waals surface area contributed by atoms with E-state index >= 15 is 0 Å². The molecule has 102 valence electrons. The van der Waals surface area contributed by atoms with Crippen LogP contribution in [0.5, 0.6) is 0 Å². The first kappa shape index (κ1) is 13.8. The number of hydrogen-bond acceptors (Lipinski definition) is 5. The Morgan fingerprint density at radius 3 is 2.65 bits per heavy atom. The Morgan fingerprint density at radius 2 is 2.05 bits per heavy atom. The van der Waals surface area contributed by atoms with Crippen LogP contribution in [0, 0.1) is 11.3 Å². The van der Waals surface area contributed by atoms with Crippen molar-refractivity contribution < 1.29 is 8.42 Å². The molecule has 0 amide bonds. The molecule has 0 radical (unpaired) electrons. The van der Waals surface area contributed by atoms with Crippen molar-refractivity contribution in [2.24, 2.45) is 0 Å². The maximum atomic E-state index is 12.5. The van der Waals surface area contributed by atoms with E-state index in [2.05, 4.69) is 4.98 Å². The molecule has 0 aliphatic carbocycles. The van der Waals surface area contributed by atoms with Gasteiger partial charge in [0.1, 0.15) is 16.8 Å². The van der Waals surface area contributed by atoms with Gasteiger partial charge in [0.25, 0.3) is 10.0 Å². The fourth-order valence-electron chi connectivity index (χ4n) is 1.67. The minimum absolute atomic E-state index is 0.00720. The standard InChI is InChI=1S/C13H12N4O2S/c1-17(13-4-2-3-7-16-13)20(18,19)12-6-5-11(15)8-10(12)9-14/h2-8H,15H2,1H3. The number of nitrogens with two attached hydrogens (primary N) is 1. The van der Waals surface area contributed by atoms with Crippen molar-refractivity contribution in [3.8, 4) is 6.07 Å². The highest BCUT2D eigenvalue weighted by Gasteiger charge is 2.25. The predicted octanol–water partition coefficient (Wildman–Crippen LogP) is 1.36. The summed E-state index contributed by atoms with van der Waals surface area (Å²) in [6.07, 6.45) is 1.50. The molecule has 2 rings (SSSR count). The normalized spacial score (nSPS) is 10.8. The topological polar surface area (TPSA) is 100 Å². The van der Waals surface area contributed by atoms with Gasteiger partial charge in [-0.05, 0) is 30.3 Å². The third kappa shape index (κ3) is 2.41. The summed E-state index contributed by atoms with van der Waals surface area (Å²) in [7, 11) is -2.47. The van der Waals surface area contributed by atoms with Crippen molar-refractivity contribution in [2.75, 3.05) is 17.1 Å². The molecule has 0 atom stereocenters. The van der Waals surface area contributed by atoms with E-state index in [1.165, 1.54) is 31.4 Å². The van der Waals surface area contributed by atoms with Gasteiger partial charge in [-0.3, -0.25) is 4.31 Å². The summed E-state index contributed by atoms with van der Waals surface area (Å²) >= 11 is 0. The Labute approximate surface area is 117 Å². The highest BCUT2D eigenvalue weighted by Crippen LogP contribution is 2.24. The van der Waals surface area contributed by atoms with Crippen LogP contribution in [0.3, 0.4) is 0 Å². The first-order chi connectivity index (χ1) is 9.46. The minimum atomic E-state index is -3.86. The maximum absolute atomic E-state index is 12.5. The average Bonchev–Trinajstić information content (AvgIpc) is 2.46. The zero-order valence-electron chi connectivity index (χ0n) is 10.7. The van der Waals surface area contributed by atoms with E-state index in [1.54, 1.807) is 18.2 Å². The van der Waals surface area contributed by atoms with Crippen LogP contribution < -0.4 is 10.0 Å². The lowest BCUT2D eigenvalue weighted by Gasteiger charge is -2.19. The number of pyridine rings is 1. The number of hydrogen-bond donors (Lipinski definition) is 1. The van der Waals surface area contributed by atoms with Crippen molar-refractivity contribution in [1.82, 2.24) is 4.98 Å². The van der Waals surface area contributed by atoms with Crippen molar-refractivity contribution in [3.63, 3.8) is 0 Å². The van der Waals surface area contributed by atoms with Crippen molar-refractivity contribution >= 4 is 21.5 Å². The zero-order valence-corrected chi connectivity index (χ0v) is 11.5. The van der Waals surface area contributed by atoms with Gasteiger partial charge in [-0.1, -0.05) is 6.07 Å². The monoisotopic (exact) mass is 288 g/mol. The lowest BCUT2D eigenvalue weighted by molar-refractivity contribution is 0.593. The molecule has 2 aromatic rings. The number of nitrogens with zero attached hydrogens (tertiary/aromatic N) is 3. The maximum Gasteiger partial charge on any atom is 0.266 e. The van der Waals surface area contributed by atoms with Crippen LogP contribution >= 0.6 is 0 Å². The highest BCUT2D eigenvalue weighted by molar-refractivity contribution is 7.92. The molecule has 1 aromatic carbocycles. The van der Waals surface area contributed by atoms with E-state index in [0.717, 1.165) is 4.31 Å².